The summed E-state index contributed by atoms with van der Waals surface area (Å²) < 4.78 is 0. The summed E-state index contributed by atoms with van der Waals surface area (Å²) in [5.41, 5.74) is 5.88. The monoisotopic (exact) mass is 426 g/mol. The first kappa shape index (κ1) is 19.4. The van der Waals surface area contributed by atoms with Gasteiger partial charge in [0, 0.05) is 40.7 Å². The largest absolute Gasteiger partial charge is 0.316 e. The van der Waals surface area contributed by atoms with Gasteiger partial charge in [0.25, 0.3) is 0 Å². The number of aromatic amines is 1. The Balaban J connectivity index is 1.93. The van der Waals surface area contributed by atoms with Crippen molar-refractivity contribution in [2.24, 2.45) is 0 Å². The first-order valence-electron chi connectivity index (χ1n) is 9.96. The van der Waals surface area contributed by atoms with Crippen LogP contribution in [0.1, 0.15) is 5.56 Å². The van der Waals surface area contributed by atoms with Gasteiger partial charge in [-0.1, -0.05) is 48.0 Å². The topological polar surface area (TPSA) is 70.7 Å². The van der Waals surface area contributed by atoms with Crippen LogP contribution in [-0.2, 0) is 6.54 Å². The minimum atomic E-state index is -0.179. The van der Waals surface area contributed by atoms with Gasteiger partial charge in [0.05, 0.1) is 16.2 Å². The highest BCUT2D eigenvalue weighted by Gasteiger charge is 2.19. The van der Waals surface area contributed by atoms with Crippen molar-refractivity contribution < 1.29 is 0 Å². The van der Waals surface area contributed by atoms with Crippen molar-refractivity contribution in [3.8, 4) is 22.4 Å². The molecule has 0 bridgehead atoms. The number of benzene rings is 2. The van der Waals surface area contributed by atoms with Crippen LogP contribution >= 0.6 is 11.6 Å². The lowest BCUT2D eigenvalue weighted by Crippen LogP contribution is -2.12. The van der Waals surface area contributed by atoms with Gasteiger partial charge in [-0.05, 0) is 42.4 Å². The molecule has 3 heterocycles. The van der Waals surface area contributed by atoms with E-state index in [-0.39, 0.29) is 5.56 Å². The molecule has 0 saturated carbocycles. The van der Waals surface area contributed by atoms with E-state index < -0.39 is 0 Å². The third-order valence-corrected chi connectivity index (χ3v) is 5.62. The lowest BCUT2D eigenvalue weighted by molar-refractivity contribution is 0.824. The zero-order valence-corrected chi connectivity index (χ0v) is 17.6. The van der Waals surface area contributed by atoms with Crippen molar-refractivity contribution in [3.05, 3.63) is 93.9 Å². The fraction of sp³-hybridized carbons (Fsp3) is 0.0800. The highest BCUT2D eigenvalue weighted by Crippen LogP contribution is 2.39. The zero-order chi connectivity index (χ0) is 21.4. The summed E-state index contributed by atoms with van der Waals surface area (Å²) in [6.07, 6.45) is 1.74. The van der Waals surface area contributed by atoms with Crippen LogP contribution in [0, 0.1) is 0 Å². The Bertz CT molecular complexity index is 1480. The van der Waals surface area contributed by atoms with Gasteiger partial charge in [-0.25, -0.2) is 4.98 Å². The van der Waals surface area contributed by atoms with E-state index in [1.807, 2.05) is 61.6 Å². The van der Waals surface area contributed by atoms with Gasteiger partial charge in [0.15, 0.2) is 0 Å². The van der Waals surface area contributed by atoms with E-state index in [1.165, 1.54) is 6.07 Å². The molecule has 0 spiro atoms. The number of pyridine rings is 3. The number of nitrogens with one attached hydrogen (secondary N) is 2. The van der Waals surface area contributed by atoms with Crippen molar-refractivity contribution in [2.75, 3.05) is 7.05 Å². The average molecular weight is 427 g/mol. The van der Waals surface area contributed by atoms with Gasteiger partial charge in [-0.2, -0.15) is 0 Å². The van der Waals surface area contributed by atoms with Crippen molar-refractivity contribution in [1.29, 1.82) is 0 Å². The summed E-state index contributed by atoms with van der Waals surface area (Å²) in [5.74, 6) is 0. The van der Waals surface area contributed by atoms with E-state index in [9.17, 15) is 4.79 Å². The van der Waals surface area contributed by atoms with Crippen LogP contribution in [0.4, 0.5) is 0 Å². The minimum absolute atomic E-state index is 0.179. The number of aromatic nitrogens is 3. The lowest BCUT2D eigenvalue weighted by atomic mass is 9.91. The maximum absolute atomic E-state index is 12.0. The molecule has 0 aliphatic carbocycles. The van der Waals surface area contributed by atoms with Crippen LogP contribution in [0.15, 0.2) is 77.7 Å². The van der Waals surface area contributed by atoms with Crippen LogP contribution in [0.25, 0.3) is 44.3 Å². The Morgan fingerprint density at radius 1 is 1.00 bits per heavy atom. The van der Waals surface area contributed by atoms with Crippen LogP contribution in [0.2, 0.25) is 5.02 Å². The van der Waals surface area contributed by atoms with E-state index in [1.54, 1.807) is 6.20 Å². The van der Waals surface area contributed by atoms with Gasteiger partial charge in [0.2, 0.25) is 5.56 Å². The molecule has 0 amide bonds. The number of hydrogen-bond acceptors (Lipinski definition) is 4. The molecular weight excluding hydrogens is 408 g/mol. The first-order valence-corrected chi connectivity index (χ1v) is 10.3. The SMILES string of the molecule is CNCc1c(-c2cc(Cl)c3ncccc3c2)c(-c2ccccc2)nc2[nH]c(=O)ccc12. The third kappa shape index (κ3) is 3.48. The summed E-state index contributed by atoms with van der Waals surface area (Å²) in [6.45, 7) is 0.600. The second-order valence-electron chi connectivity index (χ2n) is 7.33. The number of nitrogens with zero attached hydrogens (tertiary/aromatic N) is 2. The van der Waals surface area contributed by atoms with E-state index >= 15 is 0 Å². The number of H-pyrrole nitrogens is 1. The summed E-state index contributed by atoms with van der Waals surface area (Å²) in [4.78, 5) is 24.2. The molecule has 3 aromatic heterocycles. The molecule has 5 aromatic rings. The average Bonchev–Trinajstić information content (AvgIpc) is 2.79. The smallest absolute Gasteiger partial charge is 0.249 e. The zero-order valence-electron chi connectivity index (χ0n) is 16.8. The van der Waals surface area contributed by atoms with Gasteiger partial charge in [0.1, 0.15) is 5.65 Å². The van der Waals surface area contributed by atoms with Gasteiger partial charge in [-0.15, -0.1) is 0 Å². The quantitative estimate of drug-likeness (QED) is 0.415. The van der Waals surface area contributed by atoms with E-state index in [2.05, 4.69) is 21.4 Å². The molecule has 0 unspecified atom stereocenters. The Labute approximate surface area is 183 Å². The van der Waals surface area contributed by atoms with Crippen molar-refractivity contribution >= 4 is 33.5 Å². The third-order valence-electron chi connectivity index (χ3n) is 5.33. The standard InChI is InChI=1S/C25H19ClN4O/c1-27-14-19-18-9-10-21(31)29-25(18)30-24(15-6-3-2-4-7-15)22(19)17-12-16-8-5-11-28-23(16)20(26)13-17/h2-13,27H,14H2,1H3,(H,29,30,31). The Morgan fingerprint density at radius 3 is 2.65 bits per heavy atom. The van der Waals surface area contributed by atoms with Crippen molar-refractivity contribution in [2.45, 2.75) is 6.54 Å². The molecule has 2 N–H and O–H groups in total. The molecule has 5 nitrogen and oxygen atoms in total. The fourth-order valence-corrected chi connectivity index (χ4v) is 4.28. The molecule has 2 aromatic carbocycles. The molecule has 5 rings (SSSR count). The first-order chi connectivity index (χ1) is 15.2. The number of rotatable bonds is 4. The Morgan fingerprint density at radius 2 is 1.84 bits per heavy atom. The number of halogens is 1. The Kier molecular flexibility index (Phi) is 4.98. The molecule has 0 aliphatic heterocycles. The predicted molar refractivity (Wildman–Crippen MR) is 126 cm³/mol. The summed E-state index contributed by atoms with van der Waals surface area (Å²) in [6, 6.07) is 21.3. The molecule has 0 saturated heterocycles. The van der Waals surface area contributed by atoms with E-state index in [4.69, 9.17) is 16.6 Å². The van der Waals surface area contributed by atoms with Gasteiger partial charge < -0.3 is 10.3 Å². The molecule has 0 fully saturated rings. The van der Waals surface area contributed by atoms with Gasteiger partial charge in [-0.3, -0.25) is 9.78 Å². The summed E-state index contributed by atoms with van der Waals surface area (Å²) in [7, 11) is 1.90. The second-order valence-corrected chi connectivity index (χ2v) is 7.74. The molecule has 6 heteroatoms. The highest BCUT2D eigenvalue weighted by atomic mass is 35.5. The summed E-state index contributed by atoms with van der Waals surface area (Å²) >= 11 is 6.63. The predicted octanol–water partition coefficient (Wildman–Crippen LogP) is 5.18. The molecular formula is C25H19ClN4O. The number of fused-ring (bicyclic) bond motifs is 2. The maximum Gasteiger partial charge on any atom is 0.249 e. The van der Waals surface area contributed by atoms with Gasteiger partial charge >= 0.3 is 0 Å². The lowest BCUT2D eigenvalue weighted by Gasteiger charge is -2.18. The van der Waals surface area contributed by atoms with Crippen LogP contribution in [0.3, 0.4) is 0 Å². The minimum Gasteiger partial charge on any atom is -0.316 e. The van der Waals surface area contributed by atoms with Crippen LogP contribution in [-0.4, -0.2) is 22.0 Å². The van der Waals surface area contributed by atoms with E-state index in [0.29, 0.717) is 17.2 Å². The molecule has 0 radical (unpaired) electrons. The van der Waals surface area contributed by atoms with Crippen molar-refractivity contribution in [3.63, 3.8) is 0 Å². The van der Waals surface area contributed by atoms with Crippen LogP contribution in [0.5, 0.6) is 0 Å². The molecule has 0 atom stereocenters. The molecule has 0 aliphatic rings. The molecule has 31 heavy (non-hydrogen) atoms. The maximum atomic E-state index is 12.0. The fourth-order valence-electron chi connectivity index (χ4n) is 4.01. The normalized spacial score (nSPS) is 11.3. The second kappa shape index (κ2) is 7.95. The highest BCUT2D eigenvalue weighted by molar-refractivity contribution is 6.35. The Hall–Kier alpha value is -3.54. The summed E-state index contributed by atoms with van der Waals surface area (Å²) in [5, 5.41) is 5.71. The number of hydrogen-bond donors (Lipinski definition) is 2. The van der Waals surface area contributed by atoms with Crippen LogP contribution < -0.4 is 10.9 Å². The van der Waals surface area contributed by atoms with Crippen molar-refractivity contribution in [1.82, 2.24) is 20.3 Å². The molecule has 152 valence electrons. The van der Waals surface area contributed by atoms with E-state index in [0.717, 1.165) is 44.2 Å².